The first-order valence-corrected chi connectivity index (χ1v) is 6.98. The summed E-state index contributed by atoms with van der Waals surface area (Å²) in [5.74, 6) is -0.624. The lowest BCUT2D eigenvalue weighted by Gasteiger charge is -2.02. The number of nitrogens with one attached hydrogen (secondary N) is 1. The van der Waals surface area contributed by atoms with Crippen LogP contribution in [0.4, 0.5) is 10.1 Å². The predicted octanol–water partition coefficient (Wildman–Crippen LogP) is 4.16. The van der Waals surface area contributed by atoms with Gasteiger partial charge in [0.2, 0.25) is 0 Å². The molecule has 0 spiro atoms. The van der Waals surface area contributed by atoms with Crippen LogP contribution in [0.25, 0.3) is 10.1 Å². The van der Waals surface area contributed by atoms with Crippen molar-refractivity contribution in [1.82, 2.24) is 0 Å². The highest BCUT2D eigenvalue weighted by Gasteiger charge is 2.12. The molecule has 3 nitrogen and oxygen atoms in total. The largest absolute Gasteiger partial charge is 0.321 e. The molecule has 102 valence electrons. The molecule has 0 aliphatic rings. The average molecular weight is 296 g/mol. The van der Waals surface area contributed by atoms with Crippen molar-refractivity contribution in [3.63, 3.8) is 0 Å². The van der Waals surface area contributed by atoms with Crippen molar-refractivity contribution in [2.24, 2.45) is 0 Å². The highest BCUT2D eigenvalue weighted by atomic mass is 32.1. The van der Waals surface area contributed by atoms with Crippen molar-refractivity contribution in [2.45, 2.75) is 0 Å². The number of hydrogen-bond acceptors (Lipinski definition) is 3. The number of rotatable bonds is 2. The lowest BCUT2D eigenvalue weighted by Crippen LogP contribution is -2.09. The number of anilines is 1. The van der Waals surface area contributed by atoms with Crippen molar-refractivity contribution in [3.8, 4) is 6.07 Å². The molecule has 0 radical (unpaired) electrons. The minimum atomic E-state index is -0.332. The Bertz CT molecular complexity index is 862. The molecule has 0 saturated heterocycles. The Morgan fingerprint density at radius 1 is 1.19 bits per heavy atom. The van der Waals surface area contributed by atoms with Gasteiger partial charge in [-0.15, -0.1) is 11.3 Å². The Labute approximate surface area is 124 Å². The van der Waals surface area contributed by atoms with Crippen molar-refractivity contribution in [3.05, 3.63) is 64.8 Å². The highest BCUT2D eigenvalue weighted by molar-refractivity contribution is 7.20. The van der Waals surface area contributed by atoms with E-state index in [1.165, 1.54) is 17.4 Å². The zero-order chi connectivity index (χ0) is 14.8. The van der Waals surface area contributed by atoms with Gasteiger partial charge in [-0.1, -0.05) is 6.07 Å². The van der Waals surface area contributed by atoms with Crippen LogP contribution >= 0.6 is 11.3 Å². The first-order valence-electron chi connectivity index (χ1n) is 6.17. The van der Waals surface area contributed by atoms with E-state index in [2.05, 4.69) is 5.32 Å². The summed E-state index contributed by atoms with van der Waals surface area (Å²) in [4.78, 5) is 12.6. The van der Waals surface area contributed by atoms with E-state index in [9.17, 15) is 9.18 Å². The molecule has 0 saturated carbocycles. The number of carbonyl (C=O) groups is 1. The summed E-state index contributed by atoms with van der Waals surface area (Å²) < 4.78 is 14.4. The van der Waals surface area contributed by atoms with Crippen LogP contribution in [0, 0.1) is 17.1 Å². The number of amides is 1. The van der Waals surface area contributed by atoms with Crippen LogP contribution in [0.1, 0.15) is 15.2 Å². The number of nitriles is 1. The Hall–Kier alpha value is -2.71. The molecule has 1 heterocycles. The topological polar surface area (TPSA) is 52.9 Å². The molecule has 0 fully saturated rings. The first kappa shape index (κ1) is 13.3. The molecule has 0 aliphatic carbocycles. The molecule has 1 amide bonds. The van der Waals surface area contributed by atoms with Crippen molar-refractivity contribution in [2.75, 3.05) is 5.32 Å². The van der Waals surface area contributed by atoms with Crippen LogP contribution in [0.5, 0.6) is 0 Å². The predicted molar refractivity (Wildman–Crippen MR) is 80.9 cm³/mol. The lowest BCUT2D eigenvalue weighted by atomic mass is 10.2. The third-order valence-corrected chi connectivity index (χ3v) is 4.10. The molecule has 3 rings (SSSR count). The van der Waals surface area contributed by atoms with Crippen molar-refractivity contribution in [1.29, 1.82) is 5.26 Å². The van der Waals surface area contributed by atoms with Gasteiger partial charge in [0.1, 0.15) is 5.82 Å². The third kappa shape index (κ3) is 2.62. The van der Waals surface area contributed by atoms with Crippen molar-refractivity contribution < 1.29 is 9.18 Å². The van der Waals surface area contributed by atoms with Gasteiger partial charge < -0.3 is 5.32 Å². The van der Waals surface area contributed by atoms with E-state index in [-0.39, 0.29) is 11.7 Å². The molecule has 0 unspecified atom stereocenters. The SMILES string of the molecule is N#Cc1ccc(NC(=O)c2cc3c(F)cccc3s2)cc1. The molecule has 0 bridgehead atoms. The maximum absolute atomic E-state index is 13.6. The normalized spacial score (nSPS) is 10.3. The molecule has 2 aromatic carbocycles. The van der Waals surface area contributed by atoms with Gasteiger partial charge in [-0.2, -0.15) is 5.26 Å². The molecule has 5 heteroatoms. The van der Waals surface area contributed by atoms with Gasteiger partial charge in [-0.05, 0) is 42.5 Å². The molecule has 1 N–H and O–H groups in total. The summed E-state index contributed by atoms with van der Waals surface area (Å²) in [6, 6.07) is 14.9. The Morgan fingerprint density at radius 3 is 2.62 bits per heavy atom. The van der Waals surface area contributed by atoms with E-state index in [0.29, 0.717) is 21.5 Å². The fraction of sp³-hybridized carbons (Fsp3) is 0. The lowest BCUT2D eigenvalue weighted by molar-refractivity contribution is 0.103. The number of halogens is 1. The second-order valence-electron chi connectivity index (χ2n) is 4.41. The van der Waals surface area contributed by atoms with E-state index in [4.69, 9.17) is 5.26 Å². The number of benzene rings is 2. The standard InChI is InChI=1S/C16H9FN2OS/c17-13-2-1-3-14-12(13)8-15(21-14)16(20)19-11-6-4-10(9-18)5-7-11/h1-8H,(H,19,20). The van der Waals surface area contributed by atoms with Crippen LogP contribution < -0.4 is 5.32 Å². The Morgan fingerprint density at radius 2 is 1.95 bits per heavy atom. The summed E-state index contributed by atoms with van der Waals surface area (Å²) in [5, 5.41) is 11.9. The maximum Gasteiger partial charge on any atom is 0.265 e. The molecule has 21 heavy (non-hydrogen) atoms. The Balaban J connectivity index is 1.86. The van der Waals surface area contributed by atoms with Gasteiger partial charge in [0.05, 0.1) is 16.5 Å². The second kappa shape index (κ2) is 5.35. The van der Waals surface area contributed by atoms with Gasteiger partial charge in [0.25, 0.3) is 5.91 Å². The van der Waals surface area contributed by atoms with E-state index in [1.54, 1.807) is 42.5 Å². The maximum atomic E-state index is 13.6. The molecule has 3 aromatic rings. The number of hydrogen-bond donors (Lipinski definition) is 1. The third-order valence-electron chi connectivity index (χ3n) is 3.00. The molecule has 0 aliphatic heterocycles. The molecular formula is C16H9FN2OS. The van der Waals surface area contributed by atoms with E-state index in [0.717, 1.165) is 4.70 Å². The van der Waals surface area contributed by atoms with Gasteiger partial charge in [-0.25, -0.2) is 4.39 Å². The van der Waals surface area contributed by atoms with Crippen LogP contribution in [0.2, 0.25) is 0 Å². The number of carbonyl (C=O) groups excluding carboxylic acids is 1. The number of nitrogens with zero attached hydrogens (tertiary/aromatic N) is 1. The Kier molecular flexibility index (Phi) is 3.38. The number of fused-ring (bicyclic) bond motifs is 1. The second-order valence-corrected chi connectivity index (χ2v) is 5.49. The van der Waals surface area contributed by atoms with Gasteiger partial charge in [-0.3, -0.25) is 4.79 Å². The molecule has 0 atom stereocenters. The summed E-state index contributed by atoms with van der Waals surface area (Å²) in [7, 11) is 0. The zero-order valence-electron chi connectivity index (χ0n) is 10.8. The molecular weight excluding hydrogens is 287 g/mol. The van der Waals surface area contributed by atoms with Crippen LogP contribution in [-0.2, 0) is 0 Å². The quantitative estimate of drug-likeness (QED) is 0.771. The van der Waals surface area contributed by atoms with Gasteiger partial charge in [0.15, 0.2) is 0 Å². The fourth-order valence-corrected chi connectivity index (χ4v) is 2.93. The minimum absolute atomic E-state index is 0.291. The summed E-state index contributed by atoms with van der Waals surface area (Å²) in [5.41, 5.74) is 1.12. The van der Waals surface area contributed by atoms with Crippen LogP contribution in [0.3, 0.4) is 0 Å². The van der Waals surface area contributed by atoms with Gasteiger partial charge >= 0.3 is 0 Å². The summed E-state index contributed by atoms with van der Waals surface area (Å²) >= 11 is 1.24. The van der Waals surface area contributed by atoms with Crippen LogP contribution in [-0.4, -0.2) is 5.91 Å². The zero-order valence-corrected chi connectivity index (χ0v) is 11.6. The van der Waals surface area contributed by atoms with E-state index < -0.39 is 0 Å². The average Bonchev–Trinajstić information content (AvgIpc) is 2.94. The molecule has 1 aromatic heterocycles. The van der Waals surface area contributed by atoms with Crippen LogP contribution in [0.15, 0.2) is 48.5 Å². The van der Waals surface area contributed by atoms with Crippen molar-refractivity contribution >= 4 is 33.0 Å². The summed E-state index contributed by atoms with van der Waals surface area (Å²) in [6.07, 6.45) is 0. The highest BCUT2D eigenvalue weighted by Crippen LogP contribution is 2.28. The van der Waals surface area contributed by atoms with E-state index in [1.807, 2.05) is 6.07 Å². The smallest absolute Gasteiger partial charge is 0.265 e. The minimum Gasteiger partial charge on any atom is -0.321 e. The fourth-order valence-electron chi connectivity index (χ4n) is 1.96. The monoisotopic (exact) mass is 296 g/mol. The first-order chi connectivity index (χ1) is 10.2. The van der Waals surface area contributed by atoms with Gasteiger partial charge in [0, 0.05) is 15.8 Å². The number of thiophene rings is 1. The summed E-state index contributed by atoms with van der Waals surface area (Å²) in [6.45, 7) is 0. The van der Waals surface area contributed by atoms with E-state index >= 15 is 0 Å².